The SMILES string of the molecule is Cc1c(C(=O)NCc2c(F)cccc2F)sc2ncnc(NCC3CCS(=O)(=O)C3)c12. The summed E-state index contributed by atoms with van der Waals surface area (Å²) in [5.74, 6) is -1.02. The van der Waals surface area contributed by atoms with Gasteiger partial charge in [0, 0.05) is 18.7 Å². The van der Waals surface area contributed by atoms with Crippen LogP contribution in [0.3, 0.4) is 0 Å². The second kappa shape index (κ2) is 8.46. The molecule has 3 heterocycles. The topological polar surface area (TPSA) is 101 Å². The first-order chi connectivity index (χ1) is 14.7. The molecule has 1 unspecified atom stereocenters. The van der Waals surface area contributed by atoms with E-state index in [4.69, 9.17) is 0 Å². The number of amides is 1. The van der Waals surface area contributed by atoms with Crippen molar-refractivity contribution in [2.45, 2.75) is 19.9 Å². The molecule has 7 nitrogen and oxygen atoms in total. The second-order valence-corrected chi connectivity index (χ2v) is 10.7. The molecule has 2 N–H and O–H groups in total. The van der Waals surface area contributed by atoms with Gasteiger partial charge in [-0.1, -0.05) is 6.07 Å². The summed E-state index contributed by atoms with van der Waals surface area (Å²) >= 11 is 1.16. The first-order valence-electron chi connectivity index (χ1n) is 9.64. The van der Waals surface area contributed by atoms with Crippen LogP contribution in [0.15, 0.2) is 24.5 Å². The van der Waals surface area contributed by atoms with Gasteiger partial charge in [0.2, 0.25) is 0 Å². The first kappa shape index (κ1) is 21.6. The van der Waals surface area contributed by atoms with E-state index in [1.54, 1.807) is 6.92 Å². The molecule has 0 radical (unpaired) electrons. The molecular formula is C20H20F2N4O3S2. The van der Waals surface area contributed by atoms with E-state index >= 15 is 0 Å². The summed E-state index contributed by atoms with van der Waals surface area (Å²) in [7, 11) is -2.97. The minimum atomic E-state index is -2.97. The lowest BCUT2D eigenvalue weighted by Crippen LogP contribution is -2.23. The summed E-state index contributed by atoms with van der Waals surface area (Å²) in [6, 6.07) is 3.54. The lowest BCUT2D eigenvalue weighted by Gasteiger charge is -2.11. The highest BCUT2D eigenvalue weighted by atomic mass is 32.2. The number of anilines is 1. The van der Waals surface area contributed by atoms with Gasteiger partial charge in [0.1, 0.15) is 28.6 Å². The molecule has 1 aromatic carbocycles. The molecule has 164 valence electrons. The van der Waals surface area contributed by atoms with E-state index in [9.17, 15) is 22.0 Å². The molecule has 1 aliphatic heterocycles. The van der Waals surface area contributed by atoms with Crippen LogP contribution in [0.1, 0.15) is 27.2 Å². The van der Waals surface area contributed by atoms with Crippen molar-refractivity contribution in [3.63, 3.8) is 0 Å². The average molecular weight is 467 g/mol. The van der Waals surface area contributed by atoms with Crippen LogP contribution in [0.5, 0.6) is 0 Å². The number of aryl methyl sites for hydroxylation is 1. The van der Waals surface area contributed by atoms with Crippen molar-refractivity contribution in [2.75, 3.05) is 23.4 Å². The maximum atomic E-state index is 13.8. The second-order valence-electron chi connectivity index (χ2n) is 7.49. The molecule has 0 bridgehead atoms. The zero-order valence-corrected chi connectivity index (χ0v) is 18.2. The molecule has 2 aromatic heterocycles. The number of hydrogen-bond acceptors (Lipinski definition) is 7. The van der Waals surface area contributed by atoms with Crippen molar-refractivity contribution < 1.29 is 22.0 Å². The molecule has 11 heteroatoms. The van der Waals surface area contributed by atoms with E-state index < -0.39 is 27.4 Å². The lowest BCUT2D eigenvalue weighted by atomic mass is 10.1. The Kier molecular flexibility index (Phi) is 5.89. The summed E-state index contributed by atoms with van der Waals surface area (Å²) < 4.78 is 50.9. The molecule has 1 saturated heterocycles. The van der Waals surface area contributed by atoms with Crippen molar-refractivity contribution in [3.05, 3.63) is 52.2 Å². The van der Waals surface area contributed by atoms with E-state index in [0.717, 1.165) is 23.5 Å². The highest BCUT2D eigenvalue weighted by molar-refractivity contribution is 7.91. The van der Waals surface area contributed by atoms with Crippen molar-refractivity contribution in [1.29, 1.82) is 0 Å². The van der Waals surface area contributed by atoms with Gasteiger partial charge in [-0.05, 0) is 37.0 Å². The Bertz CT molecular complexity index is 1240. The maximum absolute atomic E-state index is 13.8. The molecule has 4 rings (SSSR count). The Hall–Kier alpha value is -2.66. The van der Waals surface area contributed by atoms with Crippen LogP contribution in [0, 0.1) is 24.5 Å². The zero-order chi connectivity index (χ0) is 22.2. The number of rotatable bonds is 6. The van der Waals surface area contributed by atoms with Crippen LogP contribution in [0.25, 0.3) is 10.2 Å². The number of carbonyl (C=O) groups is 1. The van der Waals surface area contributed by atoms with Gasteiger partial charge in [0.15, 0.2) is 9.84 Å². The summed E-state index contributed by atoms with van der Waals surface area (Å²) in [6.45, 7) is 1.93. The minimum absolute atomic E-state index is 0.00684. The van der Waals surface area contributed by atoms with E-state index in [1.165, 1.54) is 12.4 Å². The number of hydrogen-bond donors (Lipinski definition) is 2. The van der Waals surface area contributed by atoms with Gasteiger partial charge < -0.3 is 10.6 Å². The number of aromatic nitrogens is 2. The van der Waals surface area contributed by atoms with Crippen LogP contribution in [-0.4, -0.2) is 42.3 Å². The van der Waals surface area contributed by atoms with Crippen LogP contribution >= 0.6 is 11.3 Å². The number of nitrogens with zero attached hydrogens (tertiary/aromatic N) is 2. The van der Waals surface area contributed by atoms with Gasteiger partial charge in [-0.3, -0.25) is 4.79 Å². The van der Waals surface area contributed by atoms with E-state index in [2.05, 4.69) is 20.6 Å². The molecule has 0 aliphatic carbocycles. The zero-order valence-electron chi connectivity index (χ0n) is 16.6. The molecule has 31 heavy (non-hydrogen) atoms. The quantitative estimate of drug-likeness (QED) is 0.579. The number of fused-ring (bicyclic) bond motifs is 1. The molecule has 0 spiro atoms. The number of carbonyl (C=O) groups excluding carboxylic acids is 1. The van der Waals surface area contributed by atoms with Crippen molar-refractivity contribution in [1.82, 2.24) is 15.3 Å². The highest BCUT2D eigenvalue weighted by Gasteiger charge is 2.28. The summed E-state index contributed by atoms with van der Waals surface area (Å²) in [4.78, 5) is 22.2. The molecular weight excluding hydrogens is 446 g/mol. The highest BCUT2D eigenvalue weighted by Crippen LogP contribution is 2.33. The number of thiophene rings is 1. The summed E-state index contributed by atoms with van der Waals surface area (Å²) in [6.07, 6.45) is 1.98. The Morgan fingerprint density at radius 2 is 2.00 bits per heavy atom. The molecule has 0 saturated carbocycles. The molecule has 1 fully saturated rings. The average Bonchev–Trinajstić information content (AvgIpc) is 3.25. The van der Waals surface area contributed by atoms with Gasteiger partial charge in [-0.25, -0.2) is 27.2 Å². The largest absolute Gasteiger partial charge is 0.369 e. The fraction of sp³-hybridized carbons (Fsp3) is 0.350. The Morgan fingerprint density at radius 1 is 1.26 bits per heavy atom. The van der Waals surface area contributed by atoms with Gasteiger partial charge in [-0.15, -0.1) is 11.3 Å². The van der Waals surface area contributed by atoms with E-state index in [-0.39, 0.29) is 29.5 Å². The molecule has 1 atom stereocenters. The van der Waals surface area contributed by atoms with Crippen molar-refractivity contribution >= 4 is 43.1 Å². The maximum Gasteiger partial charge on any atom is 0.261 e. The van der Waals surface area contributed by atoms with E-state index in [1.807, 2.05) is 0 Å². The monoisotopic (exact) mass is 466 g/mol. The lowest BCUT2D eigenvalue weighted by molar-refractivity contribution is 0.0954. The predicted octanol–water partition coefficient (Wildman–Crippen LogP) is 3.05. The number of benzene rings is 1. The van der Waals surface area contributed by atoms with Crippen LogP contribution < -0.4 is 10.6 Å². The Labute approximate surface area is 181 Å². The predicted molar refractivity (Wildman–Crippen MR) is 115 cm³/mol. The van der Waals surface area contributed by atoms with Gasteiger partial charge >= 0.3 is 0 Å². The van der Waals surface area contributed by atoms with Crippen molar-refractivity contribution in [3.8, 4) is 0 Å². The number of halogens is 2. The molecule has 1 aliphatic rings. The molecule has 3 aromatic rings. The third kappa shape index (κ3) is 4.52. The van der Waals surface area contributed by atoms with E-state index in [0.29, 0.717) is 39.4 Å². The summed E-state index contributed by atoms with van der Waals surface area (Å²) in [5.41, 5.74) is 0.442. The van der Waals surface area contributed by atoms with Crippen LogP contribution in [0.4, 0.5) is 14.6 Å². The third-order valence-corrected chi connectivity index (χ3v) is 8.34. The van der Waals surface area contributed by atoms with Crippen LogP contribution in [0.2, 0.25) is 0 Å². The Morgan fingerprint density at radius 3 is 2.68 bits per heavy atom. The smallest absolute Gasteiger partial charge is 0.261 e. The van der Waals surface area contributed by atoms with Gasteiger partial charge in [-0.2, -0.15) is 0 Å². The van der Waals surface area contributed by atoms with Gasteiger partial charge in [0.05, 0.1) is 21.8 Å². The van der Waals surface area contributed by atoms with Crippen molar-refractivity contribution in [2.24, 2.45) is 5.92 Å². The third-order valence-electron chi connectivity index (χ3n) is 5.31. The fourth-order valence-electron chi connectivity index (χ4n) is 3.65. The normalized spacial score (nSPS) is 17.7. The molecule has 1 amide bonds. The summed E-state index contributed by atoms with van der Waals surface area (Å²) in [5, 5.41) is 6.43. The number of sulfone groups is 1. The standard InChI is InChI=1S/C20H20F2N4O3S2/c1-11-16-18(23-7-12-5-6-31(28,29)9-12)25-10-26-20(16)30-17(11)19(27)24-8-13-14(21)3-2-4-15(13)22/h2-4,10,12H,5-9H2,1H3,(H,24,27)(H,23,25,26). The number of nitrogens with one attached hydrogen (secondary N) is 2. The van der Waals surface area contributed by atoms with Gasteiger partial charge in [0.25, 0.3) is 5.91 Å². The Balaban J connectivity index is 1.52. The fourth-order valence-corrected chi connectivity index (χ4v) is 6.57. The minimum Gasteiger partial charge on any atom is -0.369 e. The van der Waals surface area contributed by atoms with Crippen LogP contribution in [-0.2, 0) is 16.4 Å². The first-order valence-corrected chi connectivity index (χ1v) is 12.3.